The van der Waals surface area contributed by atoms with Gasteiger partial charge in [-0.05, 0) is 25.7 Å². The Hall–Kier alpha value is -2.05. The fourth-order valence-corrected chi connectivity index (χ4v) is 3.73. The average molecular weight is 399 g/mol. The van der Waals surface area contributed by atoms with Crippen LogP contribution >= 0.6 is 23.2 Å². The zero-order chi connectivity index (χ0) is 18.8. The zero-order valence-corrected chi connectivity index (χ0v) is 15.5. The number of nitrogens with two attached hydrogens (primary N) is 1. The van der Waals surface area contributed by atoms with Gasteiger partial charge in [0.15, 0.2) is 11.5 Å². The van der Waals surface area contributed by atoms with Gasteiger partial charge in [-0.2, -0.15) is 0 Å². The number of benzene rings is 1. The molecule has 0 atom stereocenters. The van der Waals surface area contributed by atoms with Crippen LogP contribution in [0.15, 0.2) is 18.5 Å². The van der Waals surface area contributed by atoms with E-state index in [0.717, 1.165) is 31.7 Å². The van der Waals surface area contributed by atoms with E-state index in [4.69, 9.17) is 38.4 Å². The summed E-state index contributed by atoms with van der Waals surface area (Å²) in [6.07, 6.45) is 6.39. The molecule has 1 aromatic carbocycles. The van der Waals surface area contributed by atoms with Crippen molar-refractivity contribution in [2.75, 3.05) is 7.11 Å². The number of carbonyl (C=O) groups excluding carboxylic acids is 1. The Morgan fingerprint density at radius 1 is 1.23 bits per heavy atom. The normalized spacial score (nSPS) is 14.5. The molecule has 1 aromatic heterocycles. The van der Waals surface area contributed by atoms with Crippen molar-refractivity contribution in [3.63, 3.8) is 0 Å². The SMILES string of the molecule is COc1cc(F)c(C(N)=O)c(-c2c(Cl)cncc2Cl)c1OC1CCCC1. The Morgan fingerprint density at radius 3 is 2.38 bits per heavy atom. The second kappa shape index (κ2) is 7.68. The number of primary amides is 1. The highest BCUT2D eigenvalue weighted by Crippen LogP contribution is 2.47. The van der Waals surface area contributed by atoms with Crippen LogP contribution in [0.3, 0.4) is 0 Å². The number of hydrogen-bond donors (Lipinski definition) is 1. The molecule has 2 aromatic rings. The summed E-state index contributed by atoms with van der Waals surface area (Å²) < 4.78 is 26.0. The first-order valence-electron chi connectivity index (χ1n) is 8.10. The third kappa shape index (κ3) is 3.44. The largest absolute Gasteiger partial charge is 0.493 e. The Kier molecular flexibility index (Phi) is 5.53. The molecule has 26 heavy (non-hydrogen) atoms. The van der Waals surface area contributed by atoms with Crippen molar-refractivity contribution >= 4 is 29.1 Å². The van der Waals surface area contributed by atoms with Gasteiger partial charge in [0.1, 0.15) is 5.82 Å². The maximum atomic E-state index is 14.7. The maximum absolute atomic E-state index is 14.7. The van der Waals surface area contributed by atoms with Crippen molar-refractivity contribution in [2.45, 2.75) is 31.8 Å². The molecular formula is C18H17Cl2FN2O3. The zero-order valence-electron chi connectivity index (χ0n) is 14.0. The Bertz CT molecular complexity index is 835. The van der Waals surface area contributed by atoms with Crippen LogP contribution in [-0.4, -0.2) is 24.1 Å². The minimum atomic E-state index is -0.958. The molecule has 0 aliphatic heterocycles. The van der Waals surface area contributed by atoms with Gasteiger partial charge in [-0.15, -0.1) is 0 Å². The van der Waals surface area contributed by atoms with Crippen LogP contribution < -0.4 is 15.2 Å². The van der Waals surface area contributed by atoms with Crippen molar-refractivity contribution in [3.05, 3.63) is 39.9 Å². The molecule has 0 spiro atoms. The van der Waals surface area contributed by atoms with Crippen molar-refractivity contribution < 1.29 is 18.7 Å². The van der Waals surface area contributed by atoms with E-state index in [1.165, 1.54) is 19.5 Å². The van der Waals surface area contributed by atoms with Gasteiger partial charge in [-0.3, -0.25) is 9.78 Å². The van der Waals surface area contributed by atoms with Crippen molar-refractivity contribution in [3.8, 4) is 22.6 Å². The molecule has 1 aliphatic rings. The lowest BCUT2D eigenvalue weighted by molar-refractivity contribution is 0.0996. The van der Waals surface area contributed by atoms with Gasteiger partial charge in [0.25, 0.3) is 5.91 Å². The summed E-state index contributed by atoms with van der Waals surface area (Å²) in [5.41, 5.74) is 5.40. The lowest BCUT2D eigenvalue weighted by atomic mass is 9.97. The molecule has 0 radical (unpaired) electrons. The fourth-order valence-electron chi connectivity index (χ4n) is 3.18. The minimum absolute atomic E-state index is 0.0757. The van der Waals surface area contributed by atoms with Crippen LogP contribution in [0.4, 0.5) is 4.39 Å². The third-order valence-corrected chi connectivity index (χ3v) is 4.93. The molecule has 0 bridgehead atoms. The molecule has 8 heteroatoms. The molecule has 0 saturated heterocycles. The Balaban J connectivity index is 2.33. The molecule has 1 amide bonds. The Labute approximate surface area is 160 Å². The molecule has 138 valence electrons. The highest BCUT2D eigenvalue weighted by atomic mass is 35.5. The van der Waals surface area contributed by atoms with Gasteiger partial charge >= 0.3 is 0 Å². The second-order valence-corrected chi connectivity index (χ2v) is 6.82. The summed E-state index contributed by atoms with van der Waals surface area (Å²) in [7, 11) is 1.39. The molecule has 1 aliphatic carbocycles. The lowest BCUT2D eigenvalue weighted by Crippen LogP contribution is -2.18. The van der Waals surface area contributed by atoms with Gasteiger partial charge in [-0.1, -0.05) is 23.2 Å². The molecule has 1 heterocycles. The van der Waals surface area contributed by atoms with Crippen molar-refractivity contribution in [1.82, 2.24) is 4.98 Å². The number of halogens is 3. The molecule has 2 N–H and O–H groups in total. The van der Waals surface area contributed by atoms with Gasteiger partial charge in [0.05, 0.1) is 28.8 Å². The summed E-state index contributed by atoms with van der Waals surface area (Å²) >= 11 is 12.5. The average Bonchev–Trinajstić information content (AvgIpc) is 3.09. The van der Waals surface area contributed by atoms with Crippen LogP contribution in [0, 0.1) is 5.82 Å². The standard InChI is InChI=1S/C18H17Cl2FN2O3/c1-25-13-6-12(21)15(18(22)24)16(14-10(19)7-23-8-11(14)20)17(13)26-9-4-2-3-5-9/h6-9H,2-5H2,1H3,(H2,22,24). The molecule has 0 unspecified atom stereocenters. The number of carbonyl (C=O) groups is 1. The van der Waals surface area contributed by atoms with Crippen molar-refractivity contribution in [2.24, 2.45) is 5.73 Å². The monoisotopic (exact) mass is 398 g/mol. The number of pyridine rings is 1. The van der Waals surface area contributed by atoms with Crippen LogP contribution in [0.5, 0.6) is 11.5 Å². The van der Waals surface area contributed by atoms with E-state index < -0.39 is 11.7 Å². The highest BCUT2D eigenvalue weighted by Gasteiger charge is 2.30. The van der Waals surface area contributed by atoms with Gasteiger partial charge < -0.3 is 15.2 Å². The molecule has 3 rings (SSSR count). The second-order valence-electron chi connectivity index (χ2n) is 6.01. The molecular weight excluding hydrogens is 382 g/mol. The third-order valence-electron chi connectivity index (χ3n) is 4.35. The van der Waals surface area contributed by atoms with Gasteiger partial charge in [0, 0.05) is 29.6 Å². The number of aromatic nitrogens is 1. The molecule has 1 saturated carbocycles. The first-order valence-corrected chi connectivity index (χ1v) is 8.86. The minimum Gasteiger partial charge on any atom is -0.493 e. The number of ether oxygens (including phenoxy) is 2. The molecule has 1 fully saturated rings. The van der Waals surface area contributed by atoms with E-state index in [1.807, 2.05) is 0 Å². The van der Waals surface area contributed by atoms with E-state index in [2.05, 4.69) is 4.98 Å². The van der Waals surface area contributed by atoms with Gasteiger partial charge in [-0.25, -0.2) is 4.39 Å². The maximum Gasteiger partial charge on any atom is 0.252 e. The van der Waals surface area contributed by atoms with Crippen LogP contribution in [0.2, 0.25) is 10.0 Å². The summed E-state index contributed by atoms with van der Waals surface area (Å²) in [4.78, 5) is 15.9. The van der Waals surface area contributed by atoms with Crippen LogP contribution in [0.1, 0.15) is 36.0 Å². The fraction of sp³-hybridized carbons (Fsp3) is 0.333. The van der Waals surface area contributed by atoms with E-state index in [1.54, 1.807) is 0 Å². The van der Waals surface area contributed by atoms with E-state index in [0.29, 0.717) is 0 Å². The first kappa shape index (κ1) is 18.7. The molecule has 5 nitrogen and oxygen atoms in total. The van der Waals surface area contributed by atoms with E-state index in [-0.39, 0.29) is 44.3 Å². The number of rotatable bonds is 5. The van der Waals surface area contributed by atoms with E-state index >= 15 is 0 Å². The number of amides is 1. The topological polar surface area (TPSA) is 74.4 Å². The summed E-state index contributed by atoms with van der Waals surface area (Å²) in [5.74, 6) is -1.46. The quantitative estimate of drug-likeness (QED) is 0.796. The van der Waals surface area contributed by atoms with Crippen molar-refractivity contribution in [1.29, 1.82) is 0 Å². The predicted molar refractivity (Wildman–Crippen MR) is 97.6 cm³/mol. The summed E-state index contributed by atoms with van der Waals surface area (Å²) in [6, 6.07) is 1.08. The number of hydrogen-bond acceptors (Lipinski definition) is 4. The van der Waals surface area contributed by atoms with Gasteiger partial charge in [0.2, 0.25) is 0 Å². The van der Waals surface area contributed by atoms with Crippen LogP contribution in [0.25, 0.3) is 11.1 Å². The highest BCUT2D eigenvalue weighted by molar-refractivity contribution is 6.39. The summed E-state index contributed by atoms with van der Waals surface area (Å²) in [5, 5.41) is 0.285. The smallest absolute Gasteiger partial charge is 0.252 e. The van der Waals surface area contributed by atoms with E-state index in [9.17, 15) is 9.18 Å². The summed E-state index contributed by atoms with van der Waals surface area (Å²) in [6.45, 7) is 0. The Morgan fingerprint density at radius 2 is 1.85 bits per heavy atom. The number of nitrogens with zero attached hydrogens (tertiary/aromatic N) is 1. The number of methoxy groups -OCH3 is 1. The van der Waals surface area contributed by atoms with Crippen LogP contribution in [-0.2, 0) is 0 Å². The lowest BCUT2D eigenvalue weighted by Gasteiger charge is -2.22. The predicted octanol–water partition coefficient (Wildman–Crippen LogP) is 4.62. The first-order chi connectivity index (χ1) is 12.4.